The van der Waals surface area contributed by atoms with Crippen molar-refractivity contribution in [2.75, 3.05) is 6.61 Å². The molecule has 2 heteroatoms. The highest BCUT2D eigenvalue weighted by Crippen LogP contribution is 2.34. The van der Waals surface area contributed by atoms with Gasteiger partial charge in [-0.05, 0) is 31.7 Å². The first-order valence-electron chi connectivity index (χ1n) is 6.51. The zero-order valence-corrected chi connectivity index (χ0v) is 10.9. The second kappa shape index (κ2) is 6.04. The van der Waals surface area contributed by atoms with Gasteiger partial charge in [-0.1, -0.05) is 42.2 Å². The van der Waals surface area contributed by atoms with E-state index in [9.17, 15) is 5.11 Å². The highest BCUT2D eigenvalue weighted by Gasteiger charge is 2.35. The number of aliphatic hydroxyl groups is 1. The van der Waals surface area contributed by atoms with Crippen LogP contribution in [0, 0.1) is 17.8 Å². The van der Waals surface area contributed by atoms with E-state index in [0.717, 1.165) is 24.8 Å². The van der Waals surface area contributed by atoms with Gasteiger partial charge in [0.1, 0.15) is 6.61 Å². The summed E-state index contributed by atoms with van der Waals surface area (Å²) in [6.07, 6.45) is 2.92. The van der Waals surface area contributed by atoms with Gasteiger partial charge in [0.15, 0.2) is 0 Å². The summed E-state index contributed by atoms with van der Waals surface area (Å²) in [6.45, 7) is 2.90. The summed E-state index contributed by atoms with van der Waals surface area (Å²) in [5.74, 6) is 6.26. The lowest BCUT2D eigenvalue weighted by Crippen LogP contribution is -2.27. The Hall–Kier alpha value is -1.30. The Morgan fingerprint density at radius 1 is 1.39 bits per heavy atom. The molecule has 1 aliphatic rings. The van der Waals surface area contributed by atoms with E-state index in [1.165, 1.54) is 0 Å². The Kier molecular flexibility index (Phi) is 4.41. The molecule has 96 valence electrons. The van der Waals surface area contributed by atoms with Gasteiger partial charge in [-0.2, -0.15) is 0 Å². The summed E-state index contributed by atoms with van der Waals surface area (Å²) in [6, 6.07) is 10.1. The molecule has 1 aliphatic carbocycles. The molecule has 2 atom stereocenters. The molecule has 0 radical (unpaired) electrons. The molecule has 0 aromatic heterocycles. The van der Waals surface area contributed by atoms with Gasteiger partial charge in [-0.25, -0.2) is 0 Å². The number of hydrogen-bond donors (Lipinski definition) is 1. The number of ether oxygens (including phenoxy) is 1. The minimum Gasteiger partial charge on any atom is -0.389 e. The highest BCUT2D eigenvalue weighted by molar-refractivity contribution is 5.14. The first-order valence-corrected chi connectivity index (χ1v) is 6.51. The topological polar surface area (TPSA) is 29.5 Å². The fourth-order valence-corrected chi connectivity index (χ4v) is 2.34. The highest BCUT2D eigenvalue weighted by atomic mass is 16.5. The van der Waals surface area contributed by atoms with Crippen molar-refractivity contribution in [3.8, 4) is 11.8 Å². The van der Waals surface area contributed by atoms with E-state index in [1.54, 1.807) is 0 Å². The van der Waals surface area contributed by atoms with Crippen LogP contribution in [0.2, 0.25) is 0 Å². The van der Waals surface area contributed by atoms with Crippen molar-refractivity contribution < 1.29 is 9.84 Å². The third-order valence-corrected chi connectivity index (χ3v) is 3.49. The van der Waals surface area contributed by atoms with Crippen LogP contribution in [0.1, 0.15) is 31.7 Å². The van der Waals surface area contributed by atoms with Crippen LogP contribution in [0.25, 0.3) is 0 Å². The molecule has 1 aromatic carbocycles. The van der Waals surface area contributed by atoms with E-state index in [-0.39, 0.29) is 5.92 Å². The van der Waals surface area contributed by atoms with Gasteiger partial charge in [0.05, 0.1) is 12.2 Å². The van der Waals surface area contributed by atoms with Crippen molar-refractivity contribution in [3.05, 3.63) is 35.9 Å². The largest absolute Gasteiger partial charge is 0.389 e. The predicted molar refractivity (Wildman–Crippen MR) is 71.8 cm³/mol. The van der Waals surface area contributed by atoms with E-state index >= 15 is 0 Å². The molecule has 0 amide bonds. The summed E-state index contributed by atoms with van der Waals surface area (Å²) < 4.78 is 5.49. The van der Waals surface area contributed by atoms with Gasteiger partial charge in [0, 0.05) is 5.92 Å². The van der Waals surface area contributed by atoms with E-state index in [4.69, 9.17) is 4.74 Å². The van der Waals surface area contributed by atoms with Crippen LogP contribution in [0.4, 0.5) is 0 Å². The predicted octanol–water partition coefficient (Wildman–Crippen LogP) is 2.76. The molecule has 0 heterocycles. The second-order valence-corrected chi connectivity index (χ2v) is 5.10. The summed E-state index contributed by atoms with van der Waals surface area (Å²) in [5.41, 5.74) is 0.555. The van der Waals surface area contributed by atoms with Gasteiger partial charge in [0.2, 0.25) is 0 Å². The summed E-state index contributed by atoms with van der Waals surface area (Å²) >= 11 is 0. The molecule has 1 aromatic rings. The van der Waals surface area contributed by atoms with Crippen molar-refractivity contribution >= 4 is 0 Å². The SMILES string of the molecule is C[C@]1(O)CCC[C@H]1C#CCOCc1ccccc1. The fourth-order valence-electron chi connectivity index (χ4n) is 2.34. The quantitative estimate of drug-likeness (QED) is 0.654. The Bertz CT molecular complexity index is 425. The van der Waals surface area contributed by atoms with Gasteiger partial charge in [0.25, 0.3) is 0 Å². The third kappa shape index (κ3) is 3.60. The lowest BCUT2D eigenvalue weighted by atomic mass is 9.94. The van der Waals surface area contributed by atoms with Crippen LogP contribution in [0.5, 0.6) is 0 Å². The first kappa shape index (κ1) is 13.1. The zero-order valence-electron chi connectivity index (χ0n) is 10.9. The van der Waals surface area contributed by atoms with E-state index < -0.39 is 5.60 Å². The van der Waals surface area contributed by atoms with Gasteiger partial charge in [-0.15, -0.1) is 0 Å². The molecule has 0 spiro atoms. The normalized spacial score (nSPS) is 26.7. The van der Waals surface area contributed by atoms with Gasteiger partial charge < -0.3 is 9.84 Å². The Morgan fingerprint density at radius 3 is 2.83 bits per heavy atom. The maximum Gasteiger partial charge on any atom is 0.108 e. The van der Waals surface area contributed by atoms with E-state index in [0.29, 0.717) is 13.2 Å². The molecular formula is C16H20O2. The first-order chi connectivity index (χ1) is 8.68. The van der Waals surface area contributed by atoms with Gasteiger partial charge in [-0.3, -0.25) is 0 Å². The average Bonchev–Trinajstić information content (AvgIpc) is 2.70. The molecule has 1 fully saturated rings. The smallest absolute Gasteiger partial charge is 0.108 e. The van der Waals surface area contributed by atoms with Crippen molar-refractivity contribution in [2.45, 2.75) is 38.4 Å². The van der Waals surface area contributed by atoms with Crippen LogP contribution in [-0.2, 0) is 11.3 Å². The second-order valence-electron chi connectivity index (χ2n) is 5.10. The van der Waals surface area contributed by atoms with Crippen molar-refractivity contribution in [1.82, 2.24) is 0 Å². The minimum atomic E-state index is -0.605. The summed E-state index contributed by atoms with van der Waals surface area (Å²) in [7, 11) is 0. The molecule has 2 nitrogen and oxygen atoms in total. The van der Waals surface area contributed by atoms with Crippen LogP contribution in [0.3, 0.4) is 0 Å². The van der Waals surface area contributed by atoms with Gasteiger partial charge >= 0.3 is 0 Å². The van der Waals surface area contributed by atoms with E-state index in [2.05, 4.69) is 11.8 Å². The average molecular weight is 244 g/mol. The molecule has 1 saturated carbocycles. The molecular weight excluding hydrogens is 224 g/mol. The summed E-state index contributed by atoms with van der Waals surface area (Å²) in [5, 5.41) is 10.0. The standard InChI is InChI=1S/C16H20O2/c1-16(17)11-5-9-15(16)10-6-12-18-13-14-7-3-2-4-8-14/h2-4,7-8,15,17H,5,9,11-13H2,1H3/t15-,16-/m0/s1. The van der Waals surface area contributed by atoms with Crippen LogP contribution in [0.15, 0.2) is 30.3 Å². The molecule has 18 heavy (non-hydrogen) atoms. The third-order valence-electron chi connectivity index (χ3n) is 3.49. The number of benzene rings is 1. The lowest BCUT2D eigenvalue weighted by molar-refractivity contribution is 0.0420. The van der Waals surface area contributed by atoms with Crippen molar-refractivity contribution in [2.24, 2.45) is 5.92 Å². The Labute approximate surface area is 109 Å². The molecule has 0 saturated heterocycles. The van der Waals surface area contributed by atoms with Crippen LogP contribution in [-0.4, -0.2) is 17.3 Å². The fraction of sp³-hybridized carbons (Fsp3) is 0.500. The van der Waals surface area contributed by atoms with Crippen LogP contribution < -0.4 is 0 Å². The number of rotatable bonds is 3. The van der Waals surface area contributed by atoms with Crippen molar-refractivity contribution in [3.63, 3.8) is 0 Å². The monoisotopic (exact) mass is 244 g/mol. The van der Waals surface area contributed by atoms with Crippen molar-refractivity contribution in [1.29, 1.82) is 0 Å². The lowest BCUT2D eigenvalue weighted by Gasteiger charge is -2.20. The maximum absolute atomic E-state index is 10.0. The Morgan fingerprint density at radius 2 is 2.17 bits per heavy atom. The number of hydrogen-bond acceptors (Lipinski definition) is 2. The maximum atomic E-state index is 10.0. The minimum absolute atomic E-state index is 0.109. The molecule has 0 unspecified atom stereocenters. The molecule has 0 aliphatic heterocycles. The zero-order chi connectivity index (χ0) is 12.8. The van der Waals surface area contributed by atoms with E-state index in [1.807, 2.05) is 37.3 Å². The van der Waals surface area contributed by atoms with Crippen LogP contribution >= 0.6 is 0 Å². The molecule has 1 N–H and O–H groups in total. The molecule has 0 bridgehead atoms. The molecule has 2 rings (SSSR count). The summed E-state index contributed by atoms with van der Waals surface area (Å²) in [4.78, 5) is 0. The Balaban J connectivity index is 1.73.